The highest BCUT2D eigenvalue weighted by Gasteiger charge is 2.20. The van der Waals surface area contributed by atoms with E-state index in [4.69, 9.17) is 4.84 Å². The minimum absolute atomic E-state index is 0.00163. The van der Waals surface area contributed by atoms with Crippen molar-refractivity contribution in [2.45, 2.75) is 4.90 Å². The SMILES string of the molecule is CON(C)S(=O)(=O)c1ccc(NC(=O)c2ccc(-c3ccccc3)cc2F)cc1. The van der Waals surface area contributed by atoms with Crippen LogP contribution >= 0.6 is 0 Å². The number of hydrogen-bond acceptors (Lipinski definition) is 4. The number of nitrogens with zero attached hydrogens (tertiary/aromatic N) is 1. The normalized spacial score (nSPS) is 11.4. The summed E-state index contributed by atoms with van der Waals surface area (Å²) in [4.78, 5) is 17.1. The molecular weight excluding hydrogens is 395 g/mol. The summed E-state index contributed by atoms with van der Waals surface area (Å²) in [6.45, 7) is 0. The molecule has 29 heavy (non-hydrogen) atoms. The van der Waals surface area contributed by atoms with E-state index in [9.17, 15) is 17.6 Å². The smallest absolute Gasteiger partial charge is 0.264 e. The highest BCUT2D eigenvalue weighted by molar-refractivity contribution is 7.89. The zero-order chi connectivity index (χ0) is 21.0. The van der Waals surface area contributed by atoms with Crippen LogP contribution in [0.2, 0.25) is 0 Å². The molecule has 0 spiro atoms. The molecule has 1 amide bonds. The molecule has 0 aliphatic heterocycles. The van der Waals surface area contributed by atoms with Gasteiger partial charge in [-0.25, -0.2) is 12.8 Å². The average molecular weight is 414 g/mol. The predicted octanol–water partition coefficient (Wildman–Crippen LogP) is 3.93. The summed E-state index contributed by atoms with van der Waals surface area (Å²) in [5.41, 5.74) is 1.73. The first-order chi connectivity index (χ1) is 13.8. The van der Waals surface area contributed by atoms with Gasteiger partial charge in [0.05, 0.1) is 17.6 Å². The third kappa shape index (κ3) is 4.51. The number of benzene rings is 3. The molecule has 3 rings (SSSR count). The average Bonchev–Trinajstić information content (AvgIpc) is 2.74. The molecule has 3 aromatic carbocycles. The van der Waals surface area contributed by atoms with E-state index in [0.717, 1.165) is 10.0 Å². The lowest BCUT2D eigenvalue weighted by Gasteiger charge is -2.14. The monoisotopic (exact) mass is 414 g/mol. The molecule has 150 valence electrons. The quantitative estimate of drug-likeness (QED) is 0.620. The molecule has 0 unspecified atom stereocenters. The second-order valence-corrected chi connectivity index (χ2v) is 8.07. The Labute approximate surface area is 168 Å². The molecule has 0 aromatic heterocycles. The summed E-state index contributed by atoms with van der Waals surface area (Å²) < 4.78 is 39.6. The van der Waals surface area contributed by atoms with Crippen LogP contribution in [-0.2, 0) is 14.9 Å². The fourth-order valence-corrected chi connectivity index (χ4v) is 3.64. The molecule has 0 fully saturated rings. The number of hydrogen-bond donors (Lipinski definition) is 1. The molecule has 0 saturated carbocycles. The number of anilines is 1. The van der Waals surface area contributed by atoms with E-state index in [2.05, 4.69) is 5.32 Å². The number of carbonyl (C=O) groups is 1. The van der Waals surface area contributed by atoms with Gasteiger partial charge < -0.3 is 5.32 Å². The van der Waals surface area contributed by atoms with Gasteiger partial charge in [-0.3, -0.25) is 9.63 Å². The van der Waals surface area contributed by atoms with Crippen molar-refractivity contribution < 1.29 is 22.4 Å². The fraction of sp³-hybridized carbons (Fsp3) is 0.0952. The third-order valence-electron chi connectivity index (χ3n) is 4.33. The molecule has 0 radical (unpaired) electrons. The van der Waals surface area contributed by atoms with Crippen molar-refractivity contribution in [2.75, 3.05) is 19.5 Å². The maximum absolute atomic E-state index is 14.5. The molecule has 8 heteroatoms. The second-order valence-electron chi connectivity index (χ2n) is 6.14. The lowest BCUT2D eigenvalue weighted by molar-refractivity contribution is -0.0258. The minimum Gasteiger partial charge on any atom is -0.322 e. The summed E-state index contributed by atoms with van der Waals surface area (Å²) in [5, 5.41) is 2.56. The van der Waals surface area contributed by atoms with Crippen LogP contribution in [0.4, 0.5) is 10.1 Å². The lowest BCUT2D eigenvalue weighted by atomic mass is 10.0. The number of halogens is 1. The van der Waals surface area contributed by atoms with Crippen molar-refractivity contribution in [3.63, 3.8) is 0 Å². The van der Waals surface area contributed by atoms with E-state index >= 15 is 0 Å². The Morgan fingerprint density at radius 3 is 2.21 bits per heavy atom. The summed E-state index contributed by atoms with van der Waals surface area (Å²) in [6.07, 6.45) is 0. The van der Waals surface area contributed by atoms with Gasteiger partial charge in [0, 0.05) is 12.7 Å². The first kappa shape index (κ1) is 20.7. The number of rotatable bonds is 6. The number of sulfonamides is 1. The van der Waals surface area contributed by atoms with Crippen molar-refractivity contribution in [3.8, 4) is 11.1 Å². The molecule has 6 nitrogen and oxygen atoms in total. The van der Waals surface area contributed by atoms with Gasteiger partial charge in [-0.05, 0) is 47.5 Å². The van der Waals surface area contributed by atoms with Crippen LogP contribution < -0.4 is 5.32 Å². The van der Waals surface area contributed by atoms with Crippen molar-refractivity contribution in [1.29, 1.82) is 0 Å². The maximum atomic E-state index is 14.5. The fourth-order valence-electron chi connectivity index (χ4n) is 2.66. The molecule has 0 bridgehead atoms. The van der Waals surface area contributed by atoms with E-state index in [0.29, 0.717) is 11.3 Å². The van der Waals surface area contributed by atoms with E-state index in [1.807, 2.05) is 30.3 Å². The molecular formula is C21H19FN2O4S. The van der Waals surface area contributed by atoms with E-state index in [1.54, 1.807) is 6.07 Å². The topological polar surface area (TPSA) is 75.7 Å². The largest absolute Gasteiger partial charge is 0.322 e. The van der Waals surface area contributed by atoms with Crippen LogP contribution in [-0.4, -0.2) is 33.0 Å². The molecule has 0 heterocycles. The molecule has 3 aromatic rings. The molecule has 1 N–H and O–H groups in total. The predicted molar refractivity (Wildman–Crippen MR) is 108 cm³/mol. The molecule has 0 aliphatic rings. The highest BCUT2D eigenvalue weighted by Crippen LogP contribution is 2.23. The van der Waals surface area contributed by atoms with Crippen LogP contribution in [0.1, 0.15) is 10.4 Å². The summed E-state index contributed by atoms with van der Waals surface area (Å²) in [7, 11) is -1.28. The summed E-state index contributed by atoms with van der Waals surface area (Å²) in [5.74, 6) is -1.28. The zero-order valence-corrected chi connectivity index (χ0v) is 16.6. The third-order valence-corrected chi connectivity index (χ3v) is 6.02. The van der Waals surface area contributed by atoms with Gasteiger partial charge >= 0.3 is 0 Å². The standard InChI is InChI=1S/C21H19FN2O4S/c1-24(28-2)29(26,27)18-11-9-17(10-12-18)23-21(25)19-13-8-16(14-20(19)22)15-6-4-3-5-7-15/h3-14H,1-2H3,(H,23,25). The Hall–Kier alpha value is -3.07. The summed E-state index contributed by atoms with van der Waals surface area (Å²) >= 11 is 0. The Morgan fingerprint density at radius 1 is 0.966 bits per heavy atom. The Bertz CT molecular complexity index is 1120. The number of nitrogens with one attached hydrogen (secondary N) is 1. The van der Waals surface area contributed by atoms with Crippen molar-refractivity contribution >= 4 is 21.6 Å². The highest BCUT2D eigenvalue weighted by atomic mass is 32.2. The van der Waals surface area contributed by atoms with Crippen LogP contribution in [0.5, 0.6) is 0 Å². The van der Waals surface area contributed by atoms with Gasteiger partial charge in [0.15, 0.2) is 0 Å². The molecule has 0 saturated heterocycles. The van der Waals surface area contributed by atoms with Crippen molar-refractivity contribution in [2.24, 2.45) is 0 Å². The van der Waals surface area contributed by atoms with Crippen LogP contribution in [0.3, 0.4) is 0 Å². The Kier molecular flexibility index (Phi) is 6.07. The summed E-state index contributed by atoms with van der Waals surface area (Å²) in [6, 6.07) is 19.2. The van der Waals surface area contributed by atoms with Crippen LogP contribution in [0, 0.1) is 5.82 Å². The molecule has 0 atom stereocenters. The Balaban J connectivity index is 1.77. The van der Waals surface area contributed by atoms with Gasteiger partial charge in [0.1, 0.15) is 5.82 Å². The van der Waals surface area contributed by atoms with Crippen LogP contribution in [0.25, 0.3) is 11.1 Å². The van der Waals surface area contributed by atoms with E-state index in [-0.39, 0.29) is 10.5 Å². The van der Waals surface area contributed by atoms with Gasteiger partial charge in [-0.2, -0.15) is 0 Å². The van der Waals surface area contributed by atoms with Crippen molar-refractivity contribution in [1.82, 2.24) is 4.47 Å². The number of hydroxylamine groups is 1. The van der Waals surface area contributed by atoms with Crippen molar-refractivity contribution in [3.05, 3.63) is 84.2 Å². The molecule has 0 aliphatic carbocycles. The van der Waals surface area contributed by atoms with E-state index < -0.39 is 21.7 Å². The maximum Gasteiger partial charge on any atom is 0.264 e. The first-order valence-electron chi connectivity index (χ1n) is 8.62. The van der Waals surface area contributed by atoms with Gasteiger partial charge in [0.2, 0.25) is 0 Å². The lowest BCUT2D eigenvalue weighted by Crippen LogP contribution is -2.25. The zero-order valence-electron chi connectivity index (χ0n) is 15.8. The van der Waals surface area contributed by atoms with Gasteiger partial charge in [-0.1, -0.05) is 40.9 Å². The number of carbonyl (C=O) groups excluding carboxylic acids is 1. The van der Waals surface area contributed by atoms with Crippen LogP contribution in [0.15, 0.2) is 77.7 Å². The van der Waals surface area contributed by atoms with Gasteiger partial charge in [-0.15, -0.1) is 0 Å². The second kappa shape index (κ2) is 8.52. The van der Waals surface area contributed by atoms with E-state index in [1.165, 1.54) is 50.6 Å². The minimum atomic E-state index is -3.79. The first-order valence-corrected chi connectivity index (χ1v) is 10.1. The Morgan fingerprint density at radius 2 is 1.62 bits per heavy atom. The van der Waals surface area contributed by atoms with Gasteiger partial charge in [0.25, 0.3) is 15.9 Å². The number of amides is 1.